The summed E-state index contributed by atoms with van der Waals surface area (Å²) in [6.07, 6.45) is 0. The first-order chi connectivity index (χ1) is 9.43. The maximum absolute atomic E-state index is 11.5. The van der Waals surface area contributed by atoms with E-state index in [1.54, 1.807) is 12.1 Å². The van der Waals surface area contributed by atoms with Crippen LogP contribution in [0.15, 0.2) is 18.2 Å². The monoisotopic (exact) mass is 277 g/mol. The third kappa shape index (κ3) is 2.72. The van der Waals surface area contributed by atoms with Crippen molar-refractivity contribution in [3.63, 3.8) is 0 Å². The Morgan fingerprint density at radius 2 is 2.10 bits per heavy atom. The van der Waals surface area contributed by atoms with Crippen molar-refractivity contribution in [3.8, 4) is 0 Å². The van der Waals surface area contributed by atoms with Gasteiger partial charge in [0.05, 0.1) is 24.0 Å². The van der Waals surface area contributed by atoms with Crippen molar-refractivity contribution in [2.45, 2.75) is 13.0 Å². The Morgan fingerprint density at radius 1 is 1.40 bits per heavy atom. The number of rotatable bonds is 3. The molecule has 0 saturated carbocycles. The second-order valence-corrected chi connectivity index (χ2v) is 5.68. The first-order valence-corrected chi connectivity index (χ1v) is 6.83. The van der Waals surface area contributed by atoms with Crippen LogP contribution in [-0.2, 0) is 4.74 Å². The van der Waals surface area contributed by atoms with Crippen LogP contribution in [0, 0.1) is 5.92 Å². The lowest BCUT2D eigenvalue weighted by atomic mass is 10.1. The van der Waals surface area contributed by atoms with Crippen LogP contribution >= 0.6 is 0 Å². The fourth-order valence-electron chi connectivity index (χ4n) is 2.91. The molecule has 1 aromatic rings. The molecule has 110 valence electrons. The summed E-state index contributed by atoms with van der Waals surface area (Å²) in [6.45, 7) is 4.18. The molecule has 0 spiro atoms. The van der Waals surface area contributed by atoms with Crippen LogP contribution in [-0.4, -0.2) is 51.2 Å². The number of carbonyl (C=O) groups is 1. The Kier molecular flexibility index (Phi) is 4.18. The van der Waals surface area contributed by atoms with Gasteiger partial charge >= 0.3 is 5.97 Å². The molecule has 2 atom stereocenters. The van der Waals surface area contributed by atoms with Crippen LogP contribution in [0.1, 0.15) is 17.3 Å². The van der Waals surface area contributed by atoms with Gasteiger partial charge in [-0.05, 0) is 38.2 Å². The number of anilines is 2. The minimum absolute atomic E-state index is 0.357. The van der Waals surface area contributed by atoms with Gasteiger partial charge in [0.15, 0.2) is 0 Å². The lowest BCUT2D eigenvalue weighted by Gasteiger charge is -2.23. The highest BCUT2D eigenvalue weighted by atomic mass is 16.5. The molecule has 1 aliphatic rings. The number of carbonyl (C=O) groups excluding carboxylic acids is 1. The Hall–Kier alpha value is -1.75. The van der Waals surface area contributed by atoms with Crippen LogP contribution in [0.5, 0.6) is 0 Å². The molecule has 2 N–H and O–H groups in total. The van der Waals surface area contributed by atoms with Gasteiger partial charge in [0.2, 0.25) is 0 Å². The van der Waals surface area contributed by atoms with E-state index in [-0.39, 0.29) is 5.97 Å². The molecule has 0 amide bonds. The number of hydrogen-bond donors (Lipinski definition) is 1. The molecule has 1 aromatic carbocycles. The fraction of sp³-hybridized carbons (Fsp3) is 0.533. The van der Waals surface area contributed by atoms with E-state index >= 15 is 0 Å². The first-order valence-electron chi connectivity index (χ1n) is 6.83. The third-order valence-electron chi connectivity index (χ3n) is 4.03. The maximum Gasteiger partial charge on any atom is 0.337 e. The average Bonchev–Trinajstić information content (AvgIpc) is 2.79. The molecule has 0 radical (unpaired) electrons. The zero-order valence-corrected chi connectivity index (χ0v) is 12.6. The summed E-state index contributed by atoms with van der Waals surface area (Å²) in [5, 5.41) is 0. The van der Waals surface area contributed by atoms with Crippen LogP contribution in [0.25, 0.3) is 0 Å². The molecular formula is C15H23N3O2. The number of esters is 1. The molecule has 2 rings (SSSR count). The van der Waals surface area contributed by atoms with Crippen LogP contribution < -0.4 is 10.6 Å². The van der Waals surface area contributed by atoms with Crippen molar-refractivity contribution in [2.24, 2.45) is 5.92 Å². The Labute approximate surface area is 120 Å². The van der Waals surface area contributed by atoms with Crippen molar-refractivity contribution in [3.05, 3.63) is 23.8 Å². The first kappa shape index (κ1) is 14.7. The molecule has 5 nitrogen and oxygen atoms in total. The molecular weight excluding hydrogens is 254 g/mol. The van der Waals surface area contributed by atoms with Crippen molar-refractivity contribution in [2.75, 3.05) is 44.9 Å². The van der Waals surface area contributed by atoms with Gasteiger partial charge in [-0.15, -0.1) is 0 Å². The van der Waals surface area contributed by atoms with Gasteiger partial charge in [-0.2, -0.15) is 0 Å². The van der Waals surface area contributed by atoms with Crippen molar-refractivity contribution < 1.29 is 9.53 Å². The molecule has 1 saturated heterocycles. The van der Waals surface area contributed by atoms with Crippen LogP contribution in [0.2, 0.25) is 0 Å². The van der Waals surface area contributed by atoms with Gasteiger partial charge in [0, 0.05) is 19.1 Å². The van der Waals surface area contributed by atoms with Gasteiger partial charge in [-0.25, -0.2) is 4.79 Å². The lowest BCUT2D eigenvalue weighted by Crippen LogP contribution is -2.34. The van der Waals surface area contributed by atoms with E-state index in [1.807, 2.05) is 6.07 Å². The summed E-state index contributed by atoms with van der Waals surface area (Å²) < 4.78 is 4.71. The van der Waals surface area contributed by atoms with Gasteiger partial charge in [-0.1, -0.05) is 6.92 Å². The van der Waals surface area contributed by atoms with Crippen molar-refractivity contribution in [1.82, 2.24) is 4.90 Å². The third-order valence-corrected chi connectivity index (χ3v) is 4.03. The highest BCUT2D eigenvalue weighted by Crippen LogP contribution is 2.31. The number of hydrogen-bond acceptors (Lipinski definition) is 5. The average molecular weight is 277 g/mol. The van der Waals surface area contributed by atoms with E-state index in [4.69, 9.17) is 10.5 Å². The molecule has 0 bridgehead atoms. The second-order valence-electron chi connectivity index (χ2n) is 5.68. The maximum atomic E-state index is 11.5. The Morgan fingerprint density at radius 3 is 2.60 bits per heavy atom. The predicted molar refractivity (Wildman–Crippen MR) is 81.0 cm³/mol. The van der Waals surface area contributed by atoms with Gasteiger partial charge < -0.3 is 20.3 Å². The number of methoxy groups -OCH3 is 1. The number of nitrogen functional groups attached to an aromatic ring is 1. The summed E-state index contributed by atoms with van der Waals surface area (Å²) in [4.78, 5) is 16.0. The Balaban J connectivity index is 2.20. The highest BCUT2D eigenvalue weighted by Gasteiger charge is 2.31. The molecule has 0 aromatic heterocycles. The van der Waals surface area contributed by atoms with Gasteiger partial charge in [-0.3, -0.25) is 0 Å². The summed E-state index contributed by atoms with van der Waals surface area (Å²) in [5.74, 6) is 0.230. The van der Waals surface area contributed by atoms with Gasteiger partial charge in [0.1, 0.15) is 0 Å². The minimum atomic E-state index is -0.357. The van der Waals surface area contributed by atoms with E-state index in [2.05, 4.69) is 30.8 Å². The summed E-state index contributed by atoms with van der Waals surface area (Å²) in [5.41, 5.74) is 8.21. The second kappa shape index (κ2) is 5.71. The van der Waals surface area contributed by atoms with E-state index in [1.165, 1.54) is 7.11 Å². The highest BCUT2D eigenvalue weighted by molar-refractivity contribution is 5.92. The SMILES string of the molecule is COC(=O)c1ccc(N2CC(C)C(N(C)C)C2)c(N)c1. The minimum Gasteiger partial charge on any atom is -0.465 e. The molecule has 2 unspecified atom stereocenters. The van der Waals surface area contributed by atoms with Crippen LogP contribution in [0.4, 0.5) is 11.4 Å². The number of benzene rings is 1. The number of likely N-dealkylation sites (N-methyl/N-ethyl adjacent to an activating group) is 1. The number of ether oxygens (including phenoxy) is 1. The van der Waals surface area contributed by atoms with E-state index in [9.17, 15) is 4.79 Å². The van der Waals surface area contributed by atoms with E-state index in [0.29, 0.717) is 23.2 Å². The van der Waals surface area contributed by atoms with Crippen molar-refractivity contribution >= 4 is 17.3 Å². The predicted octanol–water partition coefficient (Wildman–Crippen LogP) is 1.44. The summed E-state index contributed by atoms with van der Waals surface area (Å²) >= 11 is 0. The smallest absolute Gasteiger partial charge is 0.337 e. The lowest BCUT2D eigenvalue weighted by molar-refractivity contribution is 0.0601. The van der Waals surface area contributed by atoms with Crippen molar-refractivity contribution in [1.29, 1.82) is 0 Å². The molecule has 5 heteroatoms. The van der Waals surface area contributed by atoms with E-state index < -0.39 is 0 Å². The Bertz CT molecular complexity index is 502. The molecule has 1 heterocycles. The normalized spacial score (nSPS) is 22.4. The van der Waals surface area contributed by atoms with E-state index in [0.717, 1.165) is 18.8 Å². The molecule has 20 heavy (non-hydrogen) atoms. The number of nitrogens with two attached hydrogens (primary N) is 1. The molecule has 1 fully saturated rings. The number of nitrogens with zero attached hydrogens (tertiary/aromatic N) is 2. The van der Waals surface area contributed by atoms with Gasteiger partial charge in [0.25, 0.3) is 0 Å². The molecule has 1 aliphatic heterocycles. The standard InChI is InChI=1S/C15H23N3O2/c1-10-8-18(9-14(10)17(2)3)13-6-5-11(7-12(13)16)15(19)20-4/h5-7,10,14H,8-9,16H2,1-4H3. The van der Waals surface area contributed by atoms with Crippen LogP contribution in [0.3, 0.4) is 0 Å². The topological polar surface area (TPSA) is 58.8 Å². The summed E-state index contributed by atoms with van der Waals surface area (Å²) in [6, 6.07) is 5.89. The fourth-order valence-corrected chi connectivity index (χ4v) is 2.91. The summed E-state index contributed by atoms with van der Waals surface area (Å²) in [7, 11) is 5.58. The zero-order valence-electron chi connectivity index (χ0n) is 12.6. The molecule has 0 aliphatic carbocycles. The quantitative estimate of drug-likeness (QED) is 0.669. The zero-order chi connectivity index (χ0) is 14.9. The largest absolute Gasteiger partial charge is 0.465 e.